The highest BCUT2D eigenvalue weighted by atomic mass is 19.4. The Bertz CT molecular complexity index is 669. The maximum absolute atomic E-state index is 12.2. The third-order valence-corrected chi connectivity index (χ3v) is 3.25. The second-order valence-corrected chi connectivity index (χ2v) is 5.37. The summed E-state index contributed by atoms with van der Waals surface area (Å²) in [6.07, 6.45) is 2.12. The Hall–Kier alpha value is -2.81. The fourth-order valence-electron chi connectivity index (χ4n) is 1.87. The number of hydrogen-bond acceptors (Lipinski definition) is 5. The highest BCUT2D eigenvalue weighted by Gasteiger charge is 2.26. The highest BCUT2D eigenvalue weighted by molar-refractivity contribution is 5.93. The minimum absolute atomic E-state index is 0.0536. The van der Waals surface area contributed by atoms with E-state index in [9.17, 15) is 18.0 Å². The molecular formula is C17H22F3N5O. The molecule has 0 aromatic carbocycles. The molecule has 1 rings (SSSR count). The monoisotopic (exact) mass is 369 g/mol. The normalized spacial score (nSPS) is 13.1. The number of nitrogens with zero attached hydrogens (tertiary/aromatic N) is 2. The molecule has 0 radical (unpaired) electrons. The number of rotatable bonds is 8. The molecule has 1 amide bonds. The minimum atomic E-state index is -4.20. The number of hydrogen-bond donors (Lipinski definition) is 3. The third-order valence-electron chi connectivity index (χ3n) is 3.25. The molecule has 0 unspecified atom stereocenters. The second kappa shape index (κ2) is 10.2. The summed E-state index contributed by atoms with van der Waals surface area (Å²) in [6.45, 7) is 1.70. The van der Waals surface area contributed by atoms with Gasteiger partial charge in [-0.15, -0.1) is 0 Å². The Morgan fingerprint density at radius 3 is 2.65 bits per heavy atom. The van der Waals surface area contributed by atoms with E-state index in [0.717, 1.165) is 0 Å². The molecule has 0 saturated heterocycles. The summed E-state index contributed by atoms with van der Waals surface area (Å²) in [6, 6.07) is 4.93. The van der Waals surface area contributed by atoms with Crippen molar-refractivity contribution in [3.63, 3.8) is 0 Å². The average Bonchev–Trinajstić information content (AvgIpc) is 2.59. The van der Waals surface area contributed by atoms with Crippen LogP contribution in [0.1, 0.15) is 30.3 Å². The number of nitrogens with two attached hydrogens (primary N) is 2. The van der Waals surface area contributed by atoms with Crippen molar-refractivity contribution in [2.75, 3.05) is 6.54 Å². The lowest BCUT2D eigenvalue weighted by molar-refractivity contribution is -0.136. The molecule has 1 aromatic heterocycles. The van der Waals surface area contributed by atoms with Crippen LogP contribution in [-0.2, 0) is 0 Å². The topological polar surface area (TPSA) is 97.3 Å². The van der Waals surface area contributed by atoms with Gasteiger partial charge in [0.15, 0.2) is 0 Å². The first-order chi connectivity index (χ1) is 12.2. The van der Waals surface area contributed by atoms with Gasteiger partial charge in [0, 0.05) is 30.6 Å². The lowest BCUT2D eigenvalue weighted by Gasteiger charge is -2.19. The lowest BCUT2D eigenvalue weighted by atomic mass is 10.2. The molecule has 0 bridgehead atoms. The Morgan fingerprint density at radius 1 is 1.35 bits per heavy atom. The summed E-state index contributed by atoms with van der Waals surface area (Å²) in [5.41, 5.74) is 6.51. The van der Waals surface area contributed by atoms with Crippen molar-refractivity contribution in [1.82, 2.24) is 15.3 Å². The van der Waals surface area contributed by atoms with Crippen LogP contribution >= 0.6 is 0 Å². The number of halogens is 3. The Labute approximate surface area is 150 Å². The van der Waals surface area contributed by atoms with Gasteiger partial charge in [-0.2, -0.15) is 13.2 Å². The maximum Gasteiger partial charge on any atom is 0.389 e. The van der Waals surface area contributed by atoms with Gasteiger partial charge < -0.3 is 16.1 Å². The molecule has 0 fully saturated rings. The van der Waals surface area contributed by atoms with E-state index < -0.39 is 18.5 Å². The molecule has 9 heteroatoms. The molecular weight excluding hydrogens is 347 g/mol. The Kier molecular flexibility index (Phi) is 8.36. The smallest absolute Gasteiger partial charge is 0.389 e. The Balaban J connectivity index is 2.71. The number of allylic oxidation sites excluding steroid dienone is 4. The number of pyridine rings is 1. The third kappa shape index (κ3) is 8.34. The van der Waals surface area contributed by atoms with Crippen LogP contribution in [-0.4, -0.2) is 28.6 Å². The predicted molar refractivity (Wildman–Crippen MR) is 93.1 cm³/mol. The number of carbonyl (C=O) groups is 1. The van der Waals surface area contributed by atoms with Gasteiger partial charge >= 0.3 is 6.18 Å². The minimum Gasteiger partial charge on any atom is -0.405 e. The van der Waals surface area contributed by atoms with Gasteiger partial charge in [-0.05, 0) is 49.9 Å². The molecule has 0 spiro atoms. The van der Waals surface area contributed by atoms with Crippen LogP contribution in [0, 0.1) is 0 Å². The van der Waals surface area contributed by atoms with Gasteiger partial charge in [0.2, 0.25) is 0 Å². The number of hydrazine groups is 1. The summed E-state index contributed by atoms with van der Waals surface area (Å²) in [7, 11) is 0. The van der Waals surface area contributed by atoms with Gasteiger partial charge in [-0.1, -0.05) is 6.07 Å². The quantitative estimate of drug-likeness (QED) is 0.372. The molecule has 0 saturated carbocycles. The van der Waals surface area contributed by atoms with E-state index in [1.54, 1.807) is 37.3 Å². The predicted octanol–water partition coefficient (Wildman–Crippen LogP) is 2.59. The summed E-state index contributed by atoms with van der Waals surface area (Å²) in [5.74, 6) is 5.31. The van der Waals surface area contributed by atoms with Crippen molar-refractivity contribution in [2.24, 2.45) is 11.6 Å². The molecule has 26 heavy (non-hydrogen) atoms. The fraction of sp³-hybridized carbons (Fsp3) is 0.294. The molecule has 0 aliphatic rings. The number of nitrogens with one attached hydrogen (secondary N) is 1. The standard InChI is InChI=1S/C17H22F3N5O/c1-13(25(22)12-4-9-17(18,19)20)6-7-14(8-10-21)24-16(26)15-5-2-3-11-23-15/h2-3,5-8,10-11H,4,9,12,21-22H2,1H3,(H,24,26)/b10-8+,13-6+,14-7+. The van der Waals surface area contributed by atoms with E-state index in [1.807, 2.05) is 0 Å². The van der Waals surface area contributed by atoms with Crippen LogP contribution in [0.5, 0.6) is 0 Å². The maximum atomic E-state index is 12.2. The van der Waals surface area contributed by atoms with E-state index in [4.69, 9.17) is 11.6 Å². The van der Waals surface area contributed by atoms with Crippen LogP contribution in [0.15, 0.2) is 60.2 Å². The van der Waals surface area contributed by atoms with Gasteiger partial charge in [0.1, 0.15) is 5.69 Å². The SMILES string of the molecule is C\C(=C/C=C(\C=C\N)NC(=O)c1ccccn1)N(N)CCCC(F)(F)F. The van der Waals surface area contributed by atoms with Crippen molar-refractivity contribution >= 4 is 5.91 Å². The average molecular weight is 369 g/mol. The zero-order valence-corrected chi connectivity index (χ0v) is 14.3. The van der Waals surface area contributed by atoms with Crippen LogP contribution in [0.3, 0.4) is 0 Å². The molecule has 0 aliphatic carbocycles. The number of amides is 1. The van der Waals surface area contributed by atoms with E-state index in [2.05, 4.69) is 10.3 Å². The second-order valence-electron chi connectivity index (χ2n) is 5.37. The highest BCUT2D eigenvalue weighted by Crippen LogP contribution is 2.21. The first kappa shape index (κ1) is 21.2. The van der Waals surface area contributed by atoms with Gasteiger partial charge in [0.25, 0.3) is 5.91 Å². The fourth-order valence-corrected chi connectivity index (χ4v) is 1.87. The summed E-state index contributed by atoms with van der Waals surface area (Å²) in [4.78, 5) is 16.0. The number of alkyl halides is 3. The molecule has 142 valence electrons. The first-order valence-electron chi connectivity index (χ1n) is 7.81. The van der Waals surface area contributed by atoms with Crippen LogP contribution in [0.4, 0.5) is 13.2 Å². The van der Waals surface area contributed by atoms with Crippen molar-refractivity contribution < 1.29 is 18.0 Å². The van der Waals surface area contributed by atoms with Crippen molar-refractivity contribution in [3.05, 3.63) is 65.9 Å². The lowest BCUT2D eigenvalue weighted by Crippen LogP contribution is -2.30. The Morgan fingerprint density at radius 2 is 2.08 bits per heavy atom. The zero-order valence-electron chi connectivity index (χ0n) is 14.3. The van der Waals surface area contributed by atoms with E-state index >= 15 is 0 Å². The summed E-state index contributed by atoms with van der Waals surface area (Å²) >= 11 is 0. The van der Waals surface area contributed by atoms with Crippen LogP contribution in [0.25, 0.3) is 0 Å². The van der Waals surface area contributed by atoms with Crippen molar-refractivity contribution in [1.29, 1.82) is 0 Å². The molecule has 1 heterocycles. The van der Waals surface area contributed by atoms with Gasteiger partial charge in [-0.25, -0.2) is 5.84 Å². The first-order valence-corrected chi connectivity index (χ1v) is 7.81. The van der Waals surface area contributed by atoms with Crippen LogP contribution in [0.2, 0.25) is 0 Å². The van der Waals surface area contributed by atoms with E-state index in [0.29, 0.717) is 11.4 Å². The summed E-state index contributed by atoms with van der Waals surface area (Å²) < 4.78 is 36.5. The molecule has 1 aromatic rings. The molecule has 0 aliphatic heterocycles. The number of aromatic nitrogens is 1. The van der Waals surface area contributed by atoms with E-state index in [-0.39, 0.29) is 18.7 Å². The van der Waals surface area contributed by atoms with Crippen molar-refractivity contribution in [3.8, 4) is 0 Å². The van der Waals surface area contributed by atoms with Crippen LogP contribution < -0.4 is 16.9 Å². The molecule has 0 atom stereocenters. The molecule has 6 nitrogen and oxygen atoms in total. The zero-order chi connectivity index (χ0) is 19.6. The largest absolute Gasteiger partial charge is 0.405 e. The van der Waals surface area contributed by atoms with Gasteiger partial charge in [-0.3, -0.25) is 9.78 Å². The molecule has 5 N–H and O–H groups in total. The van der Waals surface area contributed by atoms with E-state index in [1.165, 1.54) is 23.5 Å². The summed E-state index contributed by atoms with van der Waals surface area (Å²) in [5, 5.41) is 3.85. The van der Waals surface area contributed by atoms with Crippen molar-refractivity contribution in [2.45, 2.75) is 25.9 Å². The van der Waals surface area contributed by atoms with Gasteiger partial charge in [0.05, 0.1) is 0 Å². The number of carbonyl (C=O) groups excluding carboxylic acids is 1.